The zero-order chi connectivity index (χ0) is 14.7. The Balaban J connectivity index is 1.82. The fraction of sp³-hybridized carbons (Fsp3) is 0.545. The average Bonchev–Trinajstić information content (AvgIpc) is 3.04. The molecule has 0 bridgehead atoms. The Bertz CT molecular complexity index is 537. The van der Waals surface area contributed by atoms with Crippen molar-refractivity contribution < 1.29 is 14.5 Å². The van der Waals surface area contributed by atoms with E-state index in [1.165, 1.54) is 29.0 Å². The van der Waals surface area contributed by atoms with Crippen LogP contribution in [0.15, 0.2) is 12.5 Å². The van der Waals surface area contributed by atoms with Gasteiger partial charge in [0.1, 0.15) is 12.7 Å². The number of nitrogens with one attached hydrogen (secondary N) is 1. The van der Waals surface area contributed by atoms with Gasteiger partial charge in [-0.3, -0.25) is 9.59 Å². The second kappa shape index (κ2) is 5.68. The number of amides is 2. The molecule has 1 saturated carbocycles. The van der Waals surface area contributed by atoms with Crippen molar-refractivity contribution in [1.29, 1.82) is 0 Å². The molecule has 2 rings (SSSR count). The third-order valence-corrected chi connectivity index (χ3v) is 2.87. The minimum absolute atomic E-state index is 0.0217. The van der Waals surface area contributed by atoms with E-state index < -0.39 is 4.92 Å². The van der Waals surface area contributed by atoms with Gasteiger partial charge in [-0.25, -0.2) is 0 Å². The highest BCUT2D eigenvalue weighted by Gasteiger charge is 2.24. The Morgan fingerprint density at radius 2 is 2.30 bits per heavy atom. The van der Waals surface area contributed by atoms with E-state index in [0.29, 0.717) is 0 Å². The van der Waals surface area contributed by atoms with Gasteiger partial charge >= 0.3 is 5.82 Å². The van der Waals surface area contributed by atoms with Gasteiger partial charge in [0, 0.05) is 13.1 Å². The summed E-state index contributed by atoms with van der Waals surface area (Å²) < 4.78 is 1.32. The van der Waals surface area contributed by atoms with Crippen LogP contribution < -0.4 is 5.32 Å². The molecule has 0 aliphatic heterocycles. The lowest BCUT2D eigenvalue weighted by molar-refractivity contribution is -0.389. The minimum atomic E-state index is -0.631. The largest absolute Gasteiger partial charge is 0.381 e. The van der Waals surface area contributed by atoms with E-state index in [1.807, 2.05) is 0 Å². The first-order valence-corrected chi connectivity index (χ1v) is 6.15. The van der Waals surface area contributed by atoms with Crippen molar-refractivity contribution in [2.75, 3.05) is 13.6 Å². The number of nitro groups is 1. The van der Waals surface area contributed by atoms with Gasteiger partial charge in [-0.2, -0.15) is 0 Å². The molecule has 1 aromatic rings. The lowest BCUT2D eigenvalue weighted by atomic mass is 10.4. The second-order valence-electron chi connectivity index (χ2n) is 4.75. The number of carbonyl (C=O) groups excluding carboxylic acids is 2. The first kappa shape index (κ1) is 14.0. The van der Waals surface area contributed by atoms with E-state index in [-0.39, 0.29) is 36.8 Å². The molecule has 0 spiro atoms. The second-order valence-corrected chi connectivity index (χ2v) is 4.75. The lowest BCUT2D eigenvalue weighted by Gasteiger charge is -2.16. The molecule has 2 amide bonds. The lowest BCUT2D eigenvalue weighted by Crippen LogP contribution is -2.40. The molecule has 1 aliphatic carbocycles. The molecule has 1 aliphatic rings. The number of imidazole rings is 1. The van der Waals surface area contributed by atoms with Crippen LogP contribution in [0.2, 0.25) is 0 Å². The van der Waals surface area contributed by atoms with Gasteiger partial charge in [-0.15, -0.1) is 0 Å². The molecule has 9 nitrogen and oxygen atoms in total. The fourth-order valence-electron chi connectivity index (χ4n) is 1.61. The molecule has 1 N–H and O–H groups in total. The summed E-state index contributed by atoms with van der Waals surface area (Å²) in [6.07, 6.45) is 4.37. The van der Waals surface area contributed by atoms with Crippen LogP contribution in [-0.4, -0.2) is 50.8 Å². The summed E-state index contributed by atoms with van der Waals surface area (Å²) in [5.74, 6) is -0.824. The average molecular weight is 281 g/mol. The highest BCUT2D eigenvalue weighted by Crippen LogP contribution is 2.18. The zero-order valence-electron chi connectivity index (χ0n) is 11.0. The van der Waals surface area contributed by atoms with Crippen molar-refractivity contribution in [3.05, 3.63) is 22.6 Å². The third-order valence-electron chi connectivity index (χ3n) is 2.87. The molecule has 0 saturated heterocycles. The maximum absolute atomic E-state index is 11.9. The molecule has 1 fully saturated rings. The summed E-state index contributed by atoms with van der Waals surface area (Å²) >= 11 is 0. The normalized spacial score (nSPS) is 13.8. The third kappa shape index (κ3) is 3.77. The van der Waals surface area contributed by atoms with Crippen LogP contribution in [0, 0.1) is 10.1 Å². The highest BCUT2D eigenvalue weighted by atomic mass is 16.6. The van der Waals surface area contributed by atoms with E-state index in [9.17, 15) is 19.7 Å². The maximum Gasteiger partial charge on any atom is 0.381 e. The quantitative estimate of drug-likeness (QED) is 0.559. The number of carbonyl (C=O) groups is 2. The summed E-state index contributed by atoms with van der Waals surface area (Å²) in [5.41, 5.74) is 0. The Labute approximate surface area is 114 Å². The summed E-state index contributed by atoms with van der Waals surface area (Å²) in [7, 11) is 1.51. The Kier molecular flexibility index (Phi) is 3.97. The van der Waals surface area contributed by atoms with Gasteiger partial charge in [-0.1, -0.05) is 0 Å². The molecule has 0 unspecified atom stereocenters. The van der Waals surface area contributed by atoms with E-state index in [1.54, 1.807) is 0 Å². The van der Waals surface area contributed by atoms with Crippen molar-refractivity contribution >= 4 is 17.6 Å². The van der Waals surface area contributed by atoms with Crippen LogP contribution >= 0.6 is 0 Å². The molecule has 1 aromatic heterocycles. The Morgan fingerprint density at radius 1 is 1.60 bits per heavy atom. The van der Waals surface area contributed by atoms with Gasteiger partial charge in [0.25, 0.3) is 0 Å². The summed E-state index contributed by atoms with van der Waals surface area (Å²) in [5, 5.41) is 13.3. The molecular weight excluding hydrogens is 266 g/mol. The molecule has 0 aromatic carbocycles. The van der Waals surface area contributed by atoms with Gasteiger partial charge < -0.3 is 24.9 Å². The standard InChI is InChI=1S/C11H15N5O4/c1-14(5-10(17)13-8-2-3-8)11(18)6-15-4-9(12-7-15)16(19)20/h4,7-8H,2-3,5-6H2,1H3,(H,13,17). The fourth-order valence-corrected chi connectivity index (χ4v) is 1.61. The zero-order valence-corrected chi connectivity index (χ0v) is 11.0. The van der Waals surface area contributed by atoms with Crippen molar-refractivity contribution in [3.8, 4) is 0 Å². The highest BCUT2D eigenvalue weighted by molar-refractivity contribution is 5.84. The Hall–Kier alpha value is -2.45. The Morgan fingerprint density at radius 3 is 2.85 bits per heavy atom. The number of aromatic nitrogens is 2. The molecule has 1 heterocycles. The number of hydrogen-bond acceptors (Lipinski definition) is 5. The van der Waals surface area contributed by atoms with Crippen LogP contribution in [0.3, 0.4) is 0 Å². The molecular formula is C11H15N5O4. The first-order chi connectivity index (χ1) is 9.45. The summed E-state index contributed by atoms with van der Waals surface area (Å²) in [6, 6.07) is 0.252. The van der Waals surface area contributed by atoms with E-state index >= 15 is 0 Å². The van der Waals surface area contributed by atoms with E-state index in [2.05, 4.69) is 10.3 Å². The molecule has 108 valence electrons. The SMILES string of the molecule is CN(CC(=O)NC1CC1)C(=O)Cn1cnc([N+](=O)[O-])c1. The monoisotopic (exact) mass is 281 g/mol. The van der Waals surface area contributed by atoms with Crippen LogP contribution in [0.4, 0.5) is 5.82 Å². The van der Waals surface area contributed by atoms with Crippen molar-refractivity contribution in [3.63, 3.8) is 0 Å². The van der Waals surface area contributed by atoms with Crippen LogP contribution in [-0.2, 0) is 16.1 Å². The smallest absolute Gasteiger partial charge is 0.358 e. The minimum Gasteiger partial charge on any atom is -0.358 e. The topological polar surface area (TPSA) is 110 Å². The molecule has 20 heavy (non-hydrogen) atoms. The van der Waals surface area contributed by atoms with E-state index in [0.717, 1.165) is 12.8 Å². The first-order valence-electron chi connectivity index (χ1n) is 6.15. The van der Waals surface area contributed by atoms with Crippen LogP contribution in [0.5, 0.6) is 0 Å². The number of rotatable bonds is 6. The molecule has 0 atom stereocenters. The predicted molar refractivity (Wildman–Crippen MR) is 67.7 cm³/mol. The van der Waals surface area contributed by atoms with Crippen LogP contribution in [0.1, 0.15) is 12.8 Å². The van der Waals surface area contributed by atoms with Gasteiger partial charge in [0.2, 0.25) is 18.1 Å². The van der Waals surface area contributed by atoms with Crippen LogP contribution in [0.25, 0.3) is 0 Å². The van der Waals surface area contributed by atoms with Crippen molar-refractivity contribution in [1.82, 2.24) is 19.8 Å². The molecule has 9 heteroatoms. The maximum atomic E-state index is 11.9. The van der Waals surface area contributed by atoms with Gasteiger partial charge in [0.15, 0.2) is 0 Å². The van der Waals surface area contributed by atoms with Crippen molar-refractivity contribution in [2.45, 2.75) is 25.4 Å². The summed E-state index contributed by atoms with van der Waals surface area (Å²) in [4.78, 5) is 38.1. The van der Waals surface area contributed by atoms with E-state index in [4.69, 9.17) is 0 Å². The van der Waals surface area contributed by atoms with Gasteiger partial charge in [0.05, 0.1) is 6.54 Å². The summed E-state index contributed by atoms with van der Waals surface area (Å²) in [6.45, 7) is -0.111. The number of nitrogens with zero attached hydrogens (tertiary/aromatic N) is 4. The van der Waals surface area contributed by atoms with Crippen molar-refractivity contribution in [2.24, 2.45) is 0 Å². The number of likely N-dealkylation sites (N-methyl/N-ethyl adjacent to an activating group) is 1. The number of hydrogen-bond donors (Lipinski definition) is 1. The molecule has 0 radical (unpaired) electrons. The predicted octanol–water partition coefficient (Wildman–Crippen LogP) is -0.472. The van der Waals surface area contributed by atoms with Gasteiger partial charge in [-0.05, 0) is 22.7 Å².